The van der Waals surface area contributed by atoms with Crippen LogP contribution < -0.4 is 11.1 Å². The number of pyridine rings is 1. The molecule has 3 rings (SSSR count). The van der Waals surface area contributed by atoms with Gasteiger partial charge in [-0.3, -0.25) is 0 Å². The summed E-state index contributed by atoms with van der Waals surface area (Å²) in [5.41, 5.74) is 6.23. The van der Waals surface area contributed by atoms with Crippen LogP contribution in [0, 0.1) is 5.82 Å². The highest BCUT2D eigenvalue weighted by atomic mass is 19.1. The molecule has 3 aromatic rings. The molecule has 0 radical (unpaired) electrons. The second-order valence-corrected chi connectivity index (χ2v) is 4.56. The predicted molar refractivity (Wildman–Crippen MR) is 76.6 cm³/mol. The van der Waals surface area contributed by atoms with Crippen LogP contribution in [0.25, 0.3) is 10.8 Å². The van der Waals surface area contributed by atoms with E-state index in [1.54, 1.807) is 18.5 Å². The first-order valence-corrected chi connectivity index (χ1v) is 6.19. The first-order valence-electron chi connectivity index (χ1n) is 6.19. The summed E-state index contributed by atoms with van der Waals surface area (Å²) in [5, 5.41) is 4.62. The van der Waals surface area contributed by atoms with E-state index in [-0.39, 0.29) is 5.82 Å². The Labute approximate surface area is 115 Å². The quantitative estimate of drug-likeness (QED) is 0.717. The van der Waals surface area contributed by atoms with Crippen molar-refractivity contribution in [3.8, 4) is 0 Å². The van der Waals surface area contributed by atoms with Crippen molar-refractivity contribution in [2.24, 2.45) is 7.05 Å². The smallest absolute Gasteiger partial charge is 0.134 e. The van der Waals surface area contributed by atoms with Crippen LogP contribution >= 0.6 is 0 Å². The lowest BCUT2D eigenvalue weighted by Gasteiger charge is -2.10. The lowest BCUT2D eigenvalue weighted by molar-refractivity contribution is 0.630. The van der Waals surface area contributed by atoms with Crippen molar-refractivity contribution in [3.05, 3.63) is 48.4 Å². The highest BCUT2D eigenvalue weighted by molar-refractivity contribution is 5.99. The van der Waals surface area contributed by atoms with E-state index in [9.17, 15) is 4.39 Å². The third-order valence-corrected chi connectivity index (χ3v) is 3.21. The molecule has 5 nitrogen and oxygen atoms in total. The van der Waals surface area contributed by atoms with Crippen molar-refractivity contribution < 1.29 is 4.39 Å². The zero-order valence-electron chi connectivity index (χ0n) is 11.0. The molecule has 0 saturated heterocycles. The number of nitrogens with two attached hydrogens (primary N) is 1. The van der Waals surface area contributed by atoms with E-state index < -0.39 is 0 Å². The van der Waals surface area contributed by atoms with Gasteiger partial charge in [0.1, 0.15) is 17.5 Å². The molecule has 0 fully saturated rings. The largest absolute Gasteiger partial charge is 0.398 e. The van der Waals surface area contributed by atoms with Crippen LogP contribution in [-0.2, 0) is 13.6 Å². The summed E-state index contributed by atoms with van der Waals surface area (Å²) >= 11 is 0. The minimum absolute atomic E-state index is 0.372. The minimum Gasteiger partial charge on any atom is -0.398 e. The molecular formula is C14H14FN5. The van der Waals surface area contributed by atoms with Crippen molar-refractivity contribution >= 4 is 22.3 Å². The molecule has 0 amide bonds. The summed E-state index contributed by atoms with van der Waals surface area (Å²) in [4.78, 5) is 8.47. The molecule has 6 heteroatoms. The fourth-order valence-corrected chi connectivity index (χ4v) is 2.15. The Balaban J connectivity index is 1.97. The van der Waals surface area contributed by atoms with E-state index in [2.05, 4.69) is 15.3 Å². The van der Waals surface area contributed by atoms with Crippen LogP contribution in [0.2, 0.25) is 0 Å². The predicted octanol–water partition coefficient (Wildman–Crippen LogP) is 2.30. The van der Waals surface area contributed by atoms with Gasteiger partial charge in [-0.2, -0.15) is 0 Å². The molecule has 2 aromatic heterocycles. The Morgan fingerprint density at radius 3 is 2.85 bits per heavy atom. The number of fused-ring (bicyclic) bond motifs is 1. The van der Waals surface area contributed by atoms with Gasteiger partial charge in [-0.05, 0) is 18.2 Å². The average molecular weight is 271 g/mol. The molecule has 0 aliphatic heterocycles. The number of aromatic nitrogens is 3. The van der Waals surface area contributed by atoms with E-state index >= 15 is 0 Å². The number of benzene rings is 1. The normalized spacial score (nSPS) is 10.9. The number of nitrogen functional groups attached to an aromatic ring is 1. The fraction of sp³-hybridized carbons (Fsp3) is 0.143. The van der Waals surface area contributed by atoms with Crippen molar-refractivity contribution in [2.75, 3.05) is 11.1 Å². The van der Waals surface area contributed by atoms with Crippen molar-refractivity contribution in [2.45, 2.75) is 6.54 Å². The summed E-state index contributed by atoms with van der Waals surface area (Å²) in [5.74, 6) is 1.09. The fourth-order valence-electron chi connectivity index (χ4n) is 2.15. The standard InChI is InChI=1S/C14H14FN5/c1-20-5-4-17-13(20)8-19-14-11-6-9(15)7-12(16)10(11)2-3-18-14/h2-7H,8,16H2,1H3,(H,18,19). The van der Waals surface area contributed by atoms with Gasteiger partial charge in [0.05, 0.1) is 6.54 Å². The average Bonchev–Trinajstić information content (AvgIpc) is 2.82. The van der Waals surface area contributed by atoms with Crippen LogP contribution in [0.15, 0.2) is 36.8 Å². The minimum atomic E-state index is -0.372. The number of imidazole rings is 1. The van der Waals surface area contributed by atoms with E-state index in [0.29, 0.717) is 23.4 Å². The molecule has 1 aromatic carbocycles. The molecule has 0 saturated carbocycles. The molecule has 3 N–H and O–H groups in total. The van der Waals surface area contributed by atoms with Gasteiger partial charge in [0.25, 0.3) is 0 Å². The Morgan fingerprint density at radius 2 is 2.10 bits per heavy atom. The van der Waals surface area contributed by atoms with E-state index in [1.807, 2.05) is 17.8 Å². The lowest BCUT2D eigenvalue weighted by atomic mass is 10.1. The van der Waals surface area contributed by atoms with Crippen LogP contribution in [-0.4, -0.2) is 14.5 Å². The summed E-state index contributed by atoms with van der Waals surface area (Å²) in [6.07, 6.45) is 5.24. The van der Waals surface area contributed by atoms with Crippen molar-refractivity contribution in [1.82, 2.24) is 14.5 Å². The molecular weight excluding hydrogens is 257 g/mol. The Morgan fingerprint density at radius 1 is 1.25 bits per heavy atom. The maximum absolute atomic E-state index is 13.5. The number of hydrogen-bond donors (Lipinski definition) is 2. The number of rotatable bonds is 3. The summed E-state index contributed by atoms with van der Waals surface area (Å²) in [6, 6.07) is 4.51. The third-order valence-electron chi connectivity index (χ3n) is 3.21. The Bertz CT molecular complexity index is 765. The second kappa shape index (κ2) is 4.80. The van der Waals surface area contributed by atoms with Gasteiger partial charge in [0.15, 0.2) is 0 Å². The molecule has 0 aliphatic carbocycles. The number of aryl methyl sites for hydroxylation is 1. The Hall–Kier alpha value is -2.63. The van der Waals surface area contributed by atoms with Crippen LogP contribution in [0.4, 0.5) is 15.9 Å². The maximum atomic E-state index is 13.5. The third kappa shape index (κ3) is 2.16. The summed E-state index contributed by atoms with van der Waals surface area (Å²) in [6.45, 7) is 0.506. The maximum Gasteiger partial charge on any atom is 0.134 e. The molecule has 2 heterocycles. The van der Waals surface area contributed by atoms with Gasteiger partial charge in [-0.25, -0.2) is 14.4 Å². The molecule has 102 valence electrons. The SMILES string of the molecule is Cn1ccnc1CNc1nccc2c(N)cc(F)cc12. The van der Waals surface area contributed by atoms with Gasteiger partial charge in [-0.15, -0.1) is 0 Å². The first kappa shape index (κ1) is 12.4. The molecule has 0 atom stereocenters. The first-order chi connectivity index (χ1) is 9.65. The number of hydrogen-bond acceptors (Lipinski definition) is 4. The highest BCUT2D eigenvalue weighted by Crippen LogP contribution is 2.27. The molecule has 20 heavy (non-hydrogen) atoms. The molecule has 0 bridgehead atoms. The van der Waals surface area contributed by atoms with Gasteiger partial charge >= 0.3 is 0 Å². The van der Waals surface area contributed by atoms with E-state index in [0.717, 1.165) is 11.2 Å². The topological polar surface area (TPSA) is 68.8 Å². The van der Waals surface area contributed by atoms with Gasteiger partial charge in [0, 0.05) is 42.1 Å². The van der Waals surface area contributed by atoms with Gasteiger partial charge in [0.2, 0.25) is 0 Å². The lowest BCUT2D eigenvalue weighted by Crippen LogP contribution is -2.07. The zero-order valence-corrected chi connectivity index (χ0v) is 11.0. The van der Waals surface area contributed by atoms with Crippen molar-refractivity contribution in [3.63, 3.8) is 0 Å². The van der Waals surface area contributed by atoms with Crippen molar-refractivity contribution in [1.29, 1.82) is 0 Å². The molecule has 0 unspecified atom stereocenters. The summed E-state index contributed by atoms with van der Waals surface area (Å²) < 4.78 is 15.4. The monoisotopic (exact) mass is 271 g/mol. The van der Waals surface area contributed by atoms with Crippen LogP contribution in [0.5, 0.6) is 0 Å². The van der Waals surface area contributed by atoms with Crippen LogP contribution in [0.3, 0.4) is 0 Å². The Kier molecular flexibility index (Phi) is 2.98. The molecule has 0 spiro atoms. The van der Waals surface area contributed by atoms with Crippen LogP contribution in [0.1, 0.15) is 5.82 Å². The highest BCUT2D eigenvalue weighted by Gasteiger charge is 2.08. The van der Waals surface area contributed by atoms with E-state index in [4.69, 9.17) is 5.73 Å². The van der Waals surface area contributed by atoms with E-state index in [1.165, 1.54) is 12.1 Å². The zero-order chi connectivity index (χ0) is 14.1. The number of nitrogens with zero attached hydrogens (tertiary/aromatic N) is 3. The molecule has 0 aliphatic rings. The summed E-state index contributed by atoms with van der Waals surface area (Å²) in [7, 11) is 1.91. The number of anilines is 2. The number of nitrogens with one attached hydrogen (secondary N) is 1. The second-order valence-electron chi connectivity index (χ2n) is 4.56. The van der Waals surface area contributed by atoms with Gasteiger partial charge < -0.3 is 15.6 Å². The number of halogens is 1. The van der Waals surface area contributed by atoms with Gasteiger partial charge in [-0.1, -0.05) is 0 Å².